The van der Waals surface area contributed by atoms with Crippen LogP contribution in [0.4, 0.5) is 0 Å². The van der Waals surface area contributed by atoms with Crippen LogP contribution in [0, 0.1) is 0 Å². The van der Waals surface area contributed by atoms with Crippen molar-refractivity contribution >= 4 is 13.7 Å². The number of aliphatic hydroxyl groups is 1. The van der Waals surface area contributed by atoms with Gasteiger partial charge in [-0.3, -0.25) is 13.8 Å². The Kier molecular flexibility index (Phi) is 49.0. The van der Waals surface area contributed by atoms with Crippen LogP contribution < -0.4 is 5.32 Å². The van der Waals surface area contributed by atoms with Crippen LogP contribution in [-0.2, 0) is 18.4 Å². The normalized spacial score (nSPS) is 14.8. The van der Waals surface area contributed by atoms with Crippen LogP contribution in [0.3, 0.4) is 0 Å². The van der Waals surface area contributed by atoms with E-state index in [1.165, 1.54) is 96.3 Å². The summed E-state index contributed by atoms with van der Waals surface area (Å²) < 4.78 is 23.7. The summed E-state index contributed by atoms with van der Waals surface area (Å²) in [6.45, 7) is 4.66. The number of quaternary nitrogens is 1. The van der Waals surface area contributed by atoms with Gasteiger partial charge in [0.15, 0.2) is 0 Å². The highest BCUT2D eigenvalue weighted by Gasteiger charge is 2.27. The zero-order valence-corrected chi connectivity index (χ0v) is 46.6. The van der Waals surface area contributed by atoms with Crippen molar-refractivity contribution in [3.05, 3.63) is 109 Å². The number of amides is 1. The number of carbonyl (C=O) groups is 1. The second-order valence-electron chi connectivity index (χ2n) is 19.9. The molecule has 0 aromatic rings. The monoisotopic (exact) mass is 996 g/mol. The van der Waals surface area contributed by atoms with Crippen LogP contribution >= 0.6 is 7.82 Å². The van der Waals surface area contributed by atoms with E-state index >= 15 is 0 Å². The van der Waals surface area contributed by atoms with Crippen molar-refractivity contribution in [1.29, 1.82) is 0 Å². The van der Waals surface area contributed by atoms with Gasteiger partial charge in [0.2, 0.25) is 5.91 Å². The van der Waals surface area contributed by atoms with Crippen LogP contribution in [0.2, 0.25) is 0 Å². The maximum absolute atomic E-state index is 13.0. The molecule has 0 heterocycles. The van der Waals surface area contributed by atoms with Gasteiger partial charge in [0.25, 0.3) is 0 Å². The minimum absolute atomic E-state index is 0.0442. The second kappa shape index (κ2) is 51.1. The molecule has 3 unspecified atom stereocenters. The predicted octanol–water partition coefficient (Wildman–Crippen LogP) is 17.2. The van der Waals surface area contributed by atoms with Crippen LogP contribution in [0.15, 0.2) is 109 Å². The van der Waals surface area contributed by atoms with Gasteiger partial charge in [0, 0.05) is 6.42 Å². The van der Waals surface area contributed by atoms with Crippen LogP contribution in [-0.4, -0.2) is 73.4 Å². The Morgan fingerprint density at radius 3 is 1.31 bits per heavy atom. The SMILES string of the molecule is CC/C=C\C/C=C\C/C=C\C/C=C\C/C=C\C/C=C\CCCCCCCCC(=O)NC(COP(=O)(O)OCC[N+](C)(C)C)C(O)/C=C/CC/C=C/CC/C=C/CCCCCCCCCCCCCCC. The highest BCUT2D eigenvalue weighted by molar-refractivity contribution is 7.47. The van der Waals surface area contributed by atoms with Gasteiger partial charge >= 0.3 is 7.82 Å². The minimum Gasteiger partial charge on any atom is -0.387 e. The molecule has 0 saturated heterocycles. The van der Waals surface area contributed by atoms with Gasteiger partial charge < -0.3 is 19.8 Å². The van der Waals surface area contributed by atoms with Crippen molar-refractivity contribution in [3.8, 4) is 0 Å². The number of allylic oxidation sites excluding steroid dienone is 17. The van der Waals surface area contributed by atoms with E-state index < -0.39 is 20.0 Å². The van der Waals surface area contributed by atoms with Gasteiger partial charge in [-0.05, 0) is 96.3 Å². The van der Waals surface area contributed by atoms with E-state index in [1.54, 1.807) is 6.08 Å². The lowest BCUT2D eigenvalue weighted by Crippen LogP contribution is -2.45. The quantitative estimate of drug-likeness (QED) is 0.0243. The van der Waals surface area contributed by atoms with E-state index in [9.17, 15) is 19.4 Å². The number of hydrogen-bond acceptors (Lipinski definition) is 5. The number of aliphatic hydroxyl groups excluding tert-OH is 1. The maximum Gasteiger partial charge on any atom is 0.472 e. The van der Waals surface area contributed by atoms with Crippen molar-refractivity contribution in [1.82, 2.24) is 5.32 Å². The number of phosphoric ester groups is 1. The van der Waals surface area contributed by atoms with Gasteiger partial charge in [-0.25, -0.2) is 4.57 Å². The fourth-order valence-corrected chi connectivity index (χ4v) is 8.28. The third-order valence-corrected chi connectivity index (χ3v) is 12.9. The van der Waals surface area contributed by atoms with Crippen molar-refractivity contribution < 1.29 is 32.9 Å². The molecule has 0 aromatic heterocycles. The Balaban J connectivity index is 4.38. The molecule has 0 saturated carbocycles. The zero-order chi connectivity index (χ0) is 51.3. The molecule has 0 fully saturated rings. The van der Waals surface area contributed by atoms with Crippen molar-refractivity contribution in [2.24, 2.45) is 0 Å². The molecule has 0 radical (unpaired) electrons. The zero-order valence-electron chi connectivity index (χ0n) is 45.7. The maximum atomic E-state index is 13.0. The van der Waals surface area contributed by atoms with Gasteiger partial charge in [-0.15, -0.1) is 0 Å². The van der Waals surface area contributed by atoms with Gasteiger partial charge in [0.1, 0.15) is 13.2 Å². The van der Waals surface area contributed by atoms with Crippen molar-refractivity contribution in [2.75, 3.05) is 40.9 Å². The second-order valence-corrected chi connectivity index (χ2v) is 21.4. The lowest BCUT2D eigenvalue weighted by molar-refractivity contribution is -0.870. The highest BCUT2D eigenvalue weighted by Crippen LogP contribution is 2.43. The van der Waals surface area contributed by atoms with E-state index in [0.29, 0.717) is 17.4 Å². The largest absolute Gasteiger partial charge is 0.472 e. The summed E-state index contributed by atoms with van der Waals surface area (Å²) in [4.78, 5) is 23.3. The molecule has 3 atom stereocenters. The molecule has 0 aromatic carbocycles. The summed E-state index contributed by atoms with van der Waals surface area (Å²) in [5, 5.41) is 13.9. The number of carbonyl (C=O) groups excluding carboxylic acids is 1. The molecule has 1 amide bonds. The molecule has 8 nitrogen and oxygen atoms in total. The van der Waals surface area contributed by atoms with Gasteiger partial charge in [-0.2, -0.15) is 0 Å². The molecular formula is C61H108N2O6P+. The summed E-state index contributed by atoms with van der Waals surface area (Å²) in [7, 11) is 1.52. The molecule has 0 bridgehead atoms. The molecule has 0 aliphatic carbocycles. The number of likely N-dealkylation sites (N-methyl/N-ethyl adjacent to an activating group) is 1. The summed E-state index contributed by atoms with van der Waals surface area (Å²) in [5.74, 6) is -0.209. The van der Waals surface area contributed by atoms with Crippen LogP contribution in [0.25, 0.3) is 0 Å². The highest BCUT2D eigenvalue weighted by atomic mass is 31.2. The number of nitrogens with zero attached hydrogens (tertiary/aromatic N) is 1. The number of nitrogens with one attached hydrogen (secondary N) is 1. The topological polar surface area (TPSA) is 105 Å². The van der Waals surface area contributed by atoms with E-state index in [-0.39, 0.29) is 19.1 Å². The Labute approximate surface area is 431 Å². The number of rotatable bonds is 50. The average Bonchev–Trinajstić information content (AvgIpc) is 3.32. The number of unbranched alkanes of at least 4 members (excludes halogenated alkanes) is 21. The smallest absolute Gasteiger partial charge is 0.387 e. The Morgan fingerprint density at radius 1 is 0.500 bits per heavy atom. The van der Waals surface area contributed by atoms with Crippen molar-refractivity contribution in [3.63, 3.8) is 0 Å². The van der Waals surface area contributed by atoms with E-state index in [0.717, 1.165) is 103 Å². The van der Waals surface area contributed by atoms with Gasteiger partial charge in [-0.1, -0.05) is 226 Å². The van der Waals surface area contributed by atoms with E-state index in [2.05, 4.69) is 116 Å². The Bertz CT molecular complexity index is 1500. The number of hydrogen-bond donors (Lipinski definition) is 3. The van der Waals surface area contributed by atoms with E-state index in [1.807, 2.05) is 27.2 Å². The summed E-state index contributed by atoms with van der Waals surface area (Å²) in [6, 6.07) is -0.887. The molecule has 0 aliphatic heterocycles. The molecule has 70 heavy (non-hydrogen) atoms. The molecular weight excluding hydrogens is 888 g/mol. The van der Waals surface area contributed by atoms with E-state index in [4.69, 9.17) is 9.05 Å². The molecule has 9 heteroatoms. The first-order valence-electron chi connectivity index (χ1n) is 28.3. The first-order chi connectivity index (χ1) is 34.0. The van der Waals surface area contributed by atoms with Gasteiger partial charge in [0.05, 0.1) is 39.9 Å². The van der Waals surface area contributed by atoms with Crippen molar-refractivity contribution in [2.45, 2.75) is 231 Å². The third-order valence-electron chi connectivity index (χ3n) is 12.0. The third kappa shape index (κ3) is 53.0. The Hall–Kier alpha value is -2.84. The first kappa shape index (κ1) is 67.2. The molecule has 0 rings (SSSR count). The summed E-state index contributed by atoms with van der Waals surface area (Å²) in [6.07, 6.45) is 74.7. The first-order valence-corrected chi connectivity index (χ1v) is 29.8. The minimum atomic E-state index is -4.37. The molecule has 0 aliphatic rings. The fourth-order valence-electron chi connectivity index (χ4n) is 7.55. The Morgan fingerprint density at radius 2 is 0.871 bits per heavy atom. The lowest BCUT2D eigenvalue weighted by Gasteiger charge is -2.25. The lowest BCUT2D eigenvalue weighted by atomic mass is 10.0. The summed E-state index contributed by atoms with van der Waals surface area (Å²) in [5.41, 5.74) is 0. The number of phosphoric acid groups is 1. The molecule has 3 N–H and O–H groups in total. The van der Waals surface area contributed by atoms with Crippen LogP contribution in [0.5, 0.6) is 0 Å². The standard InChI is InChI=1S/C61H107N2O6P/c1-6-8-10-12-14-16-18-20-22-24-26-28-30-31-33-35-37-39-41-43-45-47-49-51-53-55-61(65)62-59(58-69-70(66,67)68-57-56-63(3,4)5)60(64)54-52-50-48-46-44-42-40-38-36-34-32-29-27-25-23-21-19-17-15-13-11-9-7-2/h8,10,14,16,20,22,26,28,31,33,36-39,44,46,52,54,59-60,64H,6-7,9,11-13,15,17-19,21,23-25,27,29-30,32,34-35,40-43,45,47-51,53,55-58H2,1-5H3,(H-,62,65,66,67)/p+1/b10-8-,16-14-,22-20-,28-26-,33-31-,38-36+,39-37-,46-44+,54-52+. The molecule has 0 spiro atoms. The summed E-state index contributed by atoms with van der Waals surface area (Å²) >= 11 is 0. The predicted molar refractivity (Wildman–Crippen MR) is 304 cm³/mol. The molecule has 402 valence electrons. The average molecular weight is 997 g/mol. The van der Waals surface area contributed by atoms with Crippen LogP contribution in [0.1, 0.15) is 219 Å². The fraction of sp³-hybridized carbons (Fsp3) is 0.689.